The van der Waals surface area contributed by atoms with Crippen molar-refractivity contribution in [3.8, 4) is 5.75 Å². The molecule has 0 spiro atoms. The number of carbonyl (C=O) groups is 1. The standard InChI is InChI=1S/C16H22N2O2/c1-11(2)9-18(3)7-6-12-8-17-16-13(10-19)4-5-14(20)15(12)16/h4-5,8,10-11,17,20H,6-7,9H2,1-3H3. The largest absolute Gasteiger partial charge is 0.507 e. The number of hydrogen-bond acceptors (Lipinski definition) is 3. The second-order valence-corrected chi connectivity index (χ2v) is 5.76. The van der Waals surface area contributed by atoms with Crippen LogP contribution in [0.1, 0.15) is 29.8 Å². The van der Waals surface area contributed by atoms with Gasteiger partial charge in [-0.25, -0.2) is 0 Å². The Morgan fingerprint density at radius 3 is 2.80 bits per heavy atom. The third-order valence-corrected chi connectivity index (χ3v) is 3.49. The minimum absolute atomic E-state index is 0.230. The smallest absolute Gasteiger partial charge is 0.152 e. The van der Waals surface area contributed by atoms with Gasteiger partial charge in [0.05, 0.1) is 5.52 Å². The Labute approximate surface area is 119 Å². The van der Waals surface area contributed by atoms with Crippen LogP contribution in [0.15, 0.2) is 18.3 Å². The Kier molecular flexibility index (Phi) is 4.45. The van der Waals surface area contributed by atoms with Crippen molar-refractivity contribution in [1.82, 2.24) is 9.88 Å². The molecule has 1 heterocycles. The molecule has 1 aromatic carbocycles. The van der Waals surface area contributed by atoms with Crippen LogP contribution in [0.4, 0.5) is 0 Å². The molecule has 0 bridgehead atoms. The summed E-state index contributed by atoms with van der Waals surface area (Å²) in [5, 5.41) is 10.8. The van der Waals surface area contributed by atoms with Gasteiger partial charge in [-0.2, -0.15) is 0 Å². The van der Waals surface area contributed by atoms with Gasteiger partial charge in [0.25, 0.3) is 0 Å². The molecule has 0 amide bonds. The number of hydrogen-bond donors (Lipinski definition) is 2. The number of rotatable bonds is 6. The van der Waals surface area contributed by atoms with Crippen LogP contribution in [0.2, 0.25) is 0 Å². The van der Waals surface area contributed by atoms with E-state index in [1.807, 2.05) is 6.20 Å². The first kappa shape index (κ1) is 14.6. The molecule has 4 nitrogen and oxygen atoms in total. The molecule has 4 heteroatoms. The second-order valence-electron chi connectivity index (χ2n) is 5.76. The van der Waals surface area contributed by atoms with E-state index in [9.17, 15) is 9.90 Å². The molecule has 1 aromatic heterocycles. The summed E-state index contributed by atoms with van der Waals surface area (Å²) >= 11 is 0. The first-order chi connectivity index (χ1) is 9.52. The van der Waals surface area contributed by atoms with E-state index in [1.54, 1.807) is 12.1 Å². The first-order valence-electron chi connectivity index (χ1n) is 6.98. The minimum Gasteiger partial charge on any atom is -0.507 e. The molecule has 0 aliphatic heterocycles. The molecular weight excluding hydrogens is 252 g/mol. The zero-order valence-corrected chi connectivity index (χ0v) is 12.3. The number of H-pyrrole nitrogens is 1. The van der Waals surface area contributed by atoms with Crippen LogP contribution in [0.5, 0.6) is 5.75 Å². The zero-order chi connectivity index (χ0) is 14.7. The van der Waals surface area contributed by atoms with E-state index in [4.69, 9.17) is 0 Å². The summed E-state index contributed by atoms with van der Waals surface area (Å²) < 4.78 is 0. The summed E-state index contributed by atoms with van der Waals surface area (Å²) in [6.07, 6.45) is 3.55. The molecule has 108 valence electrons. The lowest BCUT2D eigenvalue weighted by Crippen LogP contribution is -2.25. The number of fused-ring (bicyclic) bond motifs is 1. The number of nitrogens with zero attached hydrogens (tertiary/aromatic N) is 1. The average Bonchev–Trinajstić information content (AvgIpc) is 2.81. The fourth-order valence-corrected chi connectivity index (χ4v) is 2.64. The Morgan fingerprint density at radius 2 is 2.15 bits per heavy atom. The number of phenolic OH excluding ortho intramolecular Hbond substituents is 1. The van der Waals surface area contributed by atoms with E-state index in [1.165, 1.54) is 0 Å². The maximum atomic E-state index is 11.0. The quantitative estimate of drug-likeness (QED) is 0.796. The lowest BCUT2D eigenvalue weighted by atomic mass is 10.1. The van der Waals surface area contributed by atoms with Crippen molar-refractivity contribution in [1.29, 1.82) is 0 Å². The average molecular weight is 274 g/mol. The highest BCUT2D eigenvalue weighted by Crippen LogP contribution is 2.30. The first-order valence-corrected chi connectivity index (χ1v) is 6.98. The highest BCUT2D eigenvalue weighted by molar-refractivity contribution is 6.00. The van der Waals surface area contributed by atoms with Crippen LogP contribution >= 0.6 is 0 Å². The molecule has 20 heavy (non-hydrogen) atoms. The van der Waals surface area contributed by atoms with Gasteiger partial charge >= 0.3 is 0 Å². The molecule has 0 unspecified atom stereocenters. The van der Waals surface area contributed by atoms with Crippen molar-refractivity contribution in [2.24, 2.45) is 5.92 Å². The summed E-state index contributed by atoms with van der Waals surface area (Å²) in [5.74, 6) is 0.867. The Morgan fingerprint density at radius 1 is 1.40 bits per heavy atom. The van der Waals surface area contributed by atoms with Gasteiger partial charge in [0.1, 0.15) is 5.75 Å². The fourth-order valence-electron chi connectivity index (χ4n) is 2.64. The van der Waals surface area contributed by atoms with Crippen molar-refractivity contribution in [3.05, 3.63) is 29.5 Å². The monoisotopic (exact) mass is 274 g/mol. The van der Waals surface area contributed by atoms with Gasteiger partial charge in [0.15, 0.2) is 6.29 Å². The van der Waals surface area contributed by atoms with E-state index >= 15 is 0 Å². The Balaban J connectivity index is 2.21. The lowest BCUT2D eigenvalue weighted by Gasteiger charge is -2.18. The van der Waals surface area contributed by atoms with Crippen LogP contribution in [0, 0.1) is 5.92 Å². The molecule has 0 radical (unpaired) electrons. The Hall–Kier alpha value is -1.81. The van der Waals surface area contributed by atoms with Crippen molar-refractivity contribution >= 4 is 17.2 Å². The molecule has 0 saturated carbocycles. The van der Waals surface area contributed by atoms with Crippen LogP contribution in [-0.4, -0.2) is 41.4 Å². The van der Waals surface area contributed by atoms with Gasteiger partial charge in [-0.1, -0.05) is 13.8 Å². The van der Waals surface area contributed by atoms with Gasteiger partial charge < -0.3 is 15.0 Å². The molecule has 2 aromatic rings. The number of nitrogens with one attached hydrogen (secondary N) is 1. The minimum atomic E-state index is 0.230. The third kappa shape index (κ3) is 3.02. The van der Waals surface area contributed by atoms with Gasteiger partial charge in [0, 0.05) is 30.2 Å². The molecule has 0 fully saturated rings. The van der Waals surface area contributed by atoms with E-state index in [0.717, 1.165) is 42.3 Å². The van der Waals surface area contributed by atoms with Crippen LogP contribution < -0.4 is 0 Å². The molecule has 0 atom stereocenters. The SMILES string of the molecule is CC(C)CN(C)CCc1c[nH]c2c(C=O)ccc(O)c12. The van der Waals surface area contributed by atoms with E-state index in [0.29, 0.717) is 11.5 Å². The van der Waals surface area contributed by atoms with Crippen molar-refractivity contribution < 1.29 is 9.90 Å². The van der Waals surface area contributed by atoms with Gasteiger partial charge in [0.2, 0.25) is 0 Å². The van der Waals surface area contributed by atoms with Gasteiger partial charge in [-0.05, 0) is 37.1 Å². The normalized spacial score (nSPS) is 11.7. The number of aldehydes is 1. The van der Waals surface area contributed by atoms with Crippen molar-refractivity contribution in [3.63, 3.8) is 0 Å². The Bertz CT molecular complexity index is 602. The lowest BCUT2D eigenvalue weighted by molar-refractivity contribution is 0.112. The number of phenols is 1. The maximum absolute atomic E-state index is 11.0. The number of likely N-dealkylation sites (N-methyl/N-ethyl adjacent to an activating group) is 1. The third-order valence-electron chi connectivity index (χ3n) is 3.49. The van der Waals surface area contributed by atoms with Crippen LogP contribution in [0.25, 0.3) is 10.9 Å². The van der Waals surface area contributed by atoms with Crippen LogP contribution in [-0.2, 0) is 6.42 Å². The van der Waals surface area contributed by atoms with Gasteiger partial charge in [-0.15, -0.1) is 0 Å². The van der Waals surface area contributed by atoms with Crippen LogP contribution in [0.3, 0.4) is 0 Å². The summed E-state index contributed by atoms with van der Waals surface area (Å²) in [6, 6.07) is 3.22. The highest BCUT2D eigenvalue weighted by Gasteiger charge is 2.12. The number of aromatic nitrogens is 1. The van der Waals surface area contributed by atoms with E-state index in [2.05, 4.69) is 30.8 Å². The molecule has 2 rings (SSSR count). The topological polar surface area (TPSA) is 56.3 Å². The highest BCUT2D eigenvalue weighted by atomic mass is 16.3. The van der Waals surface area contributed by atoms with Crippen molar-refractivity contribution in [2.75, 3.05) is 20.1 Å². The van der Waals surface area contributed by atoms with Crippen molar-refractivity contribution in [2.45, 2.75) is 20.3 Å². The summed E-state index contributed by atoms with van der Waals surface area (Å²) in [7, 11) is 2.10. The maximum Gasteiger partial charge on any atom is 0.152 e. The number of carbonyl (C=O) groups excluding carboxylic acids is 1. The van der Waals surface area contributed by atoms with E-state index in [-0.39, 0.29) is 5.75 Å². The molecule has 2 N–H and O–H groups in total. The molecule has 0 aliphatic carbocycles. The summed E-state index contributed by atoms with van der Waals surface area (Å²) in [4.78, 5) is 16.4. The molecule has 0 saturated heterocycles. The summed E-state index contributed by atoms with van der Waals surface area (Å²) in [6.45, 7) is 6.37. The second kappa shape index (κ2) is 6.09. The van der Waals surface area contributed by atoms with E-state index < -0.39 is 0 Å². The number of aromatic amines is 1. The number of benzene rings is 1. The fraction of sp³-hybridized carbons (Fsp3) is 0.438. The summed E-state index contributed by atoms with van der Waals surface area (Å²) in [5.41, 5.74) is 2.36. The molecule has 0 aliphatic rings. The molecular formula is C16H22N2O2. The number of aromatic hydroxyl groups is 1. The predicted molar refractivity (Wildman–Crippen MR) is 81.4 cm³/mol. The zero-order valence-electron chi connectivity index (χ0n) is 12.3. The van der Waals surface area contributed by atoms with Gasteiger partial charge in [-0.3, -0.25) is 4.79 Å². The predicted octanol–water partition coefficient (Wildman–Crippen LogP) is 2.82.